The molecule has 0 bridgehead atoms. The molecule has 0 saturated heterocycles. The lowest BCUT2D eigenvalue weighted by molar-refractivity contribution is -0.621. The van der Waals surface area contributed by atoms with Crippen molar-refractivity contribution in [2.24, 2.45) is 5.73 Å². The summed E-state index contributed by atoms with van der Waals surface area (Å²) < 4.78 is 0.417. The van der Waals surface area contributed by atoms with Gasteiger partial charge in [0.05, 0.1) is 11.8 Å². The summed E-state index contributed by atoms with van der Waals surface area (Å²) in [4.78, 5) is 9.63. The molecule has 2 N–H and O–H groups in total. The first kappa shape index (κ1) is 7.45. The van der Waals surface area contributed by atoms with Crippen molar-refractivity contribution in [2.75, 3.05) is 13.1 Å². The van der Waals surface area contributed by atoms with Crippen molar-refractivity contribution in [3.8, 4) is 0 Å². The first-order valence-corrected chi connectivity index (χ1v) is 2.30. The first-order chi connectivity index (χ1) is 3.68. The number of hydrazine groups is 1. The highest BCUT2D eigenvalue weighted by Crippen LogP contribution is 1.89. The molecule has 0 spiro atoms. The number of nitrogens with zero attached hydrogens (tertiary/aromatic N) is 2. The SMILES string of the molecule is NCCN(Cl)[N+](=O)[O-]. The van der Waals surface area contributed by atoms with Gasteiger partial charge >= 0.3 is 0 Å². The molecular weight excluding hydrogens is 133 g/mol. The maximum absolute atomic E-state index is 9.63. The first-order valence-electron chi connectivity index (χ1n) is 1.96. The molecule has 0 rings (SSSR count). The summed E-state index contributed by atoms with van der Waals surface area (Å²) in [6, 6.07) is 0. The van der Waals surface area contributed by atoms with Gasteiger partial charge in [0, 0.05) is 6.54 Å². The van der Waals surface area contributed by atoms with E-state index in [0.717, 1.165) is 0 Å². The number of rotatable bonds is 3. The van der Waals surface area contributed by atoms with E-state index in [2.05, 4.69) is 0 Å². The summed E-state index contributed by atoms with van der Waals surface area (Å²) in [5.41, 5.74) is 4.94. The molecule has 0 atom stereocenters. The lowest BCUT2D eigenvalue weighted by Crippen LogP contribution is -2.25. The lowest BCUT2D eigenvalue weighted by Gasteiger charge is -1.99. The van der Waals surface area contributed by atoms with Gasteiger partial charge in [-0.2, -0.15) is 0 Å². The van der Waals surface area contributed by atoms with Crippen LogP contribution < -0.4 is 5.73 Å². The Hall–Kier alpha value is -0.550. The molecular formula is C2H6ClN3O2. The molecule has 0 radical (unpaired) electrons. The molecule has 0 aliphatic rings. The van der Waals surface area contributed by atoms with Crippen molar-refractivity contribution < 1.29 is 5.03 Å². The second kappa shape index (κ2) is 3.45. The van der Waals surface area contributed by atoms with E-state index < -0.39 is 5.03 Å². The number of nitrogens with two attached hydrogens (primary N) is 1. The average Bonchev–Trinajstić information content (AvgIpc) is 1.67. The van der Waals surface area contributed by atoms with Gasteiger partial charge in [0.15, 0.2) is 5.03 Å². The van der Waals surface area contributed by atoms with Crippen LogP contribution in [0, 0.1) is 10.1 Å². The van der Waals surface area contributed by atoms with Crippen LogP contribution >= 0.6 is 11.8 Å². The lowest BCUT2D eigenvalue weighted by atomic mass is 10.7. The monoisotopic (exact) mass is 139 g/mol. The normalized spacial score (nSPS) is 8.75. The smallest absolute Gasteiger partial charge is 0.176 e. The predicted octanol–water partition coefficient (Wildman–Crippen LogP) is -0.407. The zero-order chi connectivity index (χ0) is 6.57. The van der Waals surface area contributed by atoms with Crippen molar-refractivity contribution in [1.82, 2.24) is 4.53 Å². The van der Waals surface area contributed by atoms with E-state index in [-0.39, 0.29) is 13.1 Å². The maximum atomic E-state index is 9.63. The third-order valence-electron chi connectivity index (χ3n) is 0.491. The number of nitro groups is 1. The van der Waals surface area contributed by atoms with Gasteiger partial charge in [-0.1, -0.05) is 0 Å². The summed E-state index contributed by atoms with van der Waals surface area (Å²) in [5.74, 6) is 0. The molecule has 0 aromatic heterocycles. The van der Waals surface area contributed by atoms with Crippen LogP contribution in [0.2, 0.25) is 0 Å². The molecule has 0 amide bonds. The largest absolute Gasteiger partial charge is 0.328 e. The number of hydrogen-bond donors (Lipinski definition) is 1. The Labute approximate surface area is 51.2 Å². The second-order valence-electron chi connectivity index (χ2n) is 1.09. The molecule has 0 unspecified atom stereocenters. The van der Waals surface area contributed by atoms with Crippen LogP contribution in [0.15, 0.2) is 0 Å². The zero-order valence-electron chi connectivity index (χ0n) is 4.08. The summed E-state index contributed by atoms with van der Waals surface area (Å²) in [6.45, 7) is 0.249. The van der Waals surface area contributed by atoms with Gasteiger partial charge in [0.2, 0.25) is 0 Å². The average molecular weight is 140 g/mol. The molecule has 5 nitrogen and oxygen atoms in total. The van der Waals surface area contributed by atoms with E-state index in [9.17, 15) is 10.1 Å². The van der Waals surface area contributed by atoms with Crippen molar-refractivity contribution in [2.45, 2.75) is 0 Å². The minimum atomic E-state index is -0.728. The van der Waals surface area contributed by atoms with Gasteiger partial charge in [-0.25, -0.2) is 10.1 Å². The van der Waals surface area contributed by atoms with E-state index in [4.69, 9.17) is 17.5 Å². The third kappa shape index (κ3) is 2.59. The highest BCUT2D eigenvalue weighted by atomic mass is 35.5. The number of halogens is 1. The topological polar surface area (TPSA) is 72.4 Å². The van der Waals surface area contributed by atoms with E-state index >= 15 is 0 Å². The Kier molecular flexibility index (Phi) is 3.21. The minimum absolute atomic E-state index is 0.0640. The molecule has 0 aromatic rings. The molecule has 8 heavy (non-hydrogen) atoms. The molecule has 0 saturated carbocycles. The fraction of sp³-hybridized carbons (Fsp3) is 1.00. The fourth-order valence-corrected chi connectivity index (χ4v) is 0.286. The van der Waals surface area contributed by atoms with Crippen LogP contribution in [-0.4, -0.2) is 22.6 Å². The van der Waals surface area contributed by atoms with Crippen molar-refractivity contribution in [3.63, 3.8) is 0 Å². The second-order valence-corrected chi connectivity index (χ2v) is 1.48. The van der Waals surface area contributed by atoms with Crippen LogP contribution in [0.5, 0.6) is 0 Å². The molecule has 0 heterocycles. The van der Waals surface area contributed by atoms with Crippen molar-refractivity contribution >= 4 is 11.8 Å². The Morgan fingerprint density at radius 1 is 1.88 bits per heavy atom. The maximum Gasteiger partial charge on any atom is 0.176 e. The molecule has 0 aromatic carbocycles. The van der Waals surface area contributed by atoms with Crippen LogP contribution in [0.25, 0.3) is 0 Å². The van der Waals surface area contributed by atoms with Gasteiger partial charge in [0.25, 0.3) is 0 Å². The Balaban J connectivity index is 3.32. The van der Waals surface area contributed by atoms with Crippen LogP contribution in [0.4, 0.5) is 0 Å². The van der Waals surface area contributed by atoms with E-state index in [0.29, 0.717) is 4.53 Å². The van der Waals surface area contributed by atoms with E-state index in [1.54, 1.807) is 0 Å². The Morgan fingerprint density at radius 3 is 2.50 bits per heavy atom. The molecule has 48 valence electrons. The third-order valence-corrected chi connectivity index (χ3v) is 0.783. The minimum Gasteiger partial charge on any atom is -0.328 e. The highest BCUT2D eigenvalue weighted by molar-refractivity contribution is 6.12. The quantitative estimate of drug-likeness (QED) is 0.328. The van der Waals surface area contributed by atoms with Gasteiger partial charge in [-0.15, -0.1) is 0 Å². The van der Waals surface area contributed by atoms with Crippen LogP contribution in [-0.2, 0) is 0 Å². The Morgan fingerprint density at radius 2 is 2.38 bits per heavy atom. The molecule has 6 heteroatoms. The summed E-state index contributed by atoms with van der Waals surface area (Å²) >= 11 is 4.97. The van der Waals surface area contributed by atoms with Gasteiger partial charge < -0.3 is 5.73 Å². The van der Waals surface area contributed by atoms with Gasteiger partial charge in [-0.05, 0) is 4.53 Å². The highest BCUT2D eigenvalue weighted by Gasteiger charge is 2.06. The standard InChI is InChI=1S/C2H6ClN3O2/c3-5(2-1-4)6(7)8/h1-2,4H2. The fourth-order valence-electron chi connectivity index (χ4n) is 0.188. The summed E-state index contributed by atoms with van der Waals surface area (Å²) in [5, 5.41) is 8.91. The molecule has 0 fully saturated rings. The predicted molar refractivity (Wildman–Crippen MR) is 28.6 cm³/mol. The van der Waals surface area contributed by atoms with Crippen molar-refractivity contribution in [1.29, 1.82) is 0 Å². The van der Waals surface area contributed by atoms with Crippen LogP contribution in [0.3, 0.4) is 0 Å². The summed E-state index contributed by atoms with van der Waals surface area (Å²) in [7, 11) is 0. The van der Waals surface area contributed by atoms with Gasteiger partial charge in [0.1, 0.15) is 6.54 Å². The van der Waals surface area contributed by atoms with Gasteiger partial charge in [-0.3, -0.25) is 0 Å². The van der Waals surface area contributed by atoms with E-state index in [1.807, 2.05) is 0 Å². The van der Waals surface area contributed by atoms with E-state index in [1.165, 1.54) is 0 Å². The van der Waals surface area contributed by atoms with Crippen LogP contribution in [0.1, 0.15) is 0 Å². The molecule has 0 aliphatic heterocycles. The molecule has 0 aliphatic carbocycles. The number of hydrogen-bond acceptors (Lipinski definition) is 3. The Bertz CT molecular complexity index is 87.4. The summed E-state index contributed by atoms with van der Waals surface area (Å²) in [6.07, 6.45) is 0. The van der Waals surface area contributed by atoms with Crippen molar-refractivity contribution in [3.05, 3.63) is 10.1 Å². The zero-order valence-corrected chi connectivity index (χ0v) is 4.84.